The monoisotopic (exact) mass is 344 g/mol. The first-order valence-electron chi connectivity index (χ1n) is 6.03. The normalized spacial score (nSPS) is 10.3. The van der Waals surface area contributed by atoms with Crippen LogP contribution >= 0.6 is 34.8 Å². The molecule has 0 radical (unpaired) electrons. The summed E-state index contributed by atoms with van der Waals surface area (Å²) in [6.07, 6.45) is 2.85. The summed E-state index contributed by atoms with van der Waals surface area (Å²) < 4.78 is 0. The van der Waals surface area contributed by atoms with Crippen molar-refractivity contribution < 1.29 is 4.79 Å². The van der Waals surface area contributed by atoms with Gasteiger partial charge in [0.2, 0.25) is 0 Å². The zero-order valence-electron chi connectivity index (χ0n) is 11.0. The van der Waals surface area contributed by atoms with E-state index in [1.165, 1.54) is 24.5 Å². The van der Waals surface area contributed by atoms with Crippen LogP contribution in [0.2, 0.25) is 15.1 Å². The van der Waals surface area contributed by atoms with Crippen molar-refractivity contribution >= 4 is 52.2 Å². The van der Waals surface area contributed by atoms with Crippen LogP contribution in [0.15, 0.2) is 24.5 Å². The fourth-order valence-electron chi connectivity index (χ4n) is 1.52. The Labute approximate surface area is 136 Å². The fraction of sp³-hybridized carbons (Fsp3) is 0.154. The minimum Gasteiger partial charge on any atom is -0.369 e. The number of carbonyl (C=O) groups excluding carboxylic acids is 1. The highest BCUT2D eigenvalue weighted by Gasteiger charge is 2.12. The van der Waals surface area contributed by atoms with E-state index in [1.54, 1.807) is 0 Å². The van der Waals surface area contributed by atoms with Crippen LogP contribution in [0.1, 0.15) is 17.4 Å². The maximum atomic E-state index is 12.1. The van der Waals surface area contributed by atoms with E-state index in [9.17, 15) is 4.79 Å². The topological polar surface area (TPSA) is 66.9 Å². The lowest BCUT2D eigenvalue weighted by atomic mass is 10.3. The molecule has 0 bridgehead atoms. The minimum absolute atomic E-state index is 0.166. The number of hydrogen-bond donors (Lipinski definition) is 2. The van der Waals surface area contributed by atoms with E-state index in [1.807, 2.05) is 6.92 Å². The number of hydrogen-bond acceptors (Lipinski definition) is 4. The number of nitrogens with zero attached hydrogens (tertiary/aromatic N) is 2. The van der Waals surface area contributed by atoms with Gasteiger partial charge in [0.1, 0.15) is 11.5 Å². The van der Waals surface area contributed by atoms with E-state index in [0.29, 0.717) is 21.6 Å². The second-order valence-electron chi connectivity index (χ2n) is 4.02. The smallest absolute Gasteiger partial charge is 0.275 e. The Balaban J connectivity index is 2.16. The number of carbonyl (C=O) groups is 1. The quantitative estimate of drug-likeness (QED) is 0.818. The zero-order valence-corrected chi connectivity index (χ0v) is 13.2. The Morgan fingerprint density at radius 3 is 2.43 bits per heavy atom. The number of anilines is 2. The molecule has 1 amide bonds. The molecule has 0 atom stereocenters. The lowest BCUT2D eigenvalue weighted by molar-refractivity contribution is 0.102. The van der Waals surface area contributed by atoms with Crippen LogP contribution in [0.3, 0.4) is 0 Å². The van der Waals surface area contributed by atoms with Crippen molar-refractivity contribution in [3.8, 4) is 0 Å². The molecular formula is C13H11Cl3N4O. The lowest BCUT2D eigenvalue weighted by Gasteiger charge is -2.08. The van der Waals surface area contributed by atoms with Gasteiger partial charge in [0, 0.05) is 6.54 Å². The highest BCUT2D eigenvalue weighted by atomic mass is 35.5. The summed E-state index contributed by atoms with van der Waals surface area (Å²) >= 11 is 17.7. The molecule has 2 rings (SSSR count). The molecule has 8 heteroatoms. The van der Waals surface area contributed by atoms with Crippen LogP contribution in [0.25, 0.3) is 0 Å². The van der Waals surface area contributed by atoms with E-state index in [-0.39, 0.29) is 10.7 Å². The molecule has 2 aromatic rings. The molecule has 5 nitrogen and oxygen atoms in total. The second kappa shape index (κ2) is 6.93. The van der Waals surface area contributed by atoms with Gasteiger partial charge in [0.05, 0.1) is 33.1 Å². The first kappa shape index (κ1) is 15.8. The van der Waals surface area contributed by atoms with Gasteiger partial charge in [-0.15, -0.1) is 0 Å². The van der Waals surface area contributed by atoms with Gasteiger partial charge in [0.15, 0.2) is 0 Å². The van der Waals surface area contributed by atoms with E-state index in [2.05, 4.69) is 20.6 Å². The number of rotatable bonds is 4. The van der Waals surface area contributed by atoms with Crippen molar-refractivity contribution in [2.75, 3.05) is 17.2 Å². The Morgan fingerprint density at radius 2 is 1.81 bits per heavy atom. The Hall–Kier alpha value is -1.56. The maximum Gasteiger partial charge on any atom is 0.275 e. The number of benzene rings is 1. The molecule has 0 unspecified atom stereocenters. The molecule has 2 N–H and O–H groups in total. The van der Waals surface area contributed by atoms with E-state index < -0.39 is 5.91 Å². The fourth-order valence-corrected chi connectivity index (χ4v) is 2.12. The average molecular weight is 346 g/mol. The number of aromatic nitrogens is 2. The SMILES string of the molecule is CCNc1cnc(C(=O)Nc2cc(Cl)c(Cl)cc2Cl)cn1. The predicted octanol–water partition coefficient (Wildman–Crippen LogP) is 4.12. The van der Waals surface area contributed by atoms with Crippen LogP contribution in [0.4, 0.5) is 11.5 Å². The van der Waals surface area contributed by atoms with Crippen molar-refractivity contribution in [2.45, 2.75) is 6.92 Å². The highest BCUT2D eigenvalue weighted by Crippen LogP contribution is 2.32. The summed E-state index contributed by atoms with van der Waals surface area (Å²) in [4.78, 5) is 20.2. The van der Waals surface area contributed by atoms with Crippen molar-refractivity contribution in [1.82, 2.24) is 9.97 Å². The molecule has 21 heavy (non-hydrogen) atoms. The Bertz CT molecular complexity index is 661. The van der Waals surface area contributed by atoms with Gasteiger partial charge in [-0.25, -0.2) is 9.97 Å². The molecule has 0 fully saturated rings. The number of halogens is 3. The summed E-state index contributed by atoms with van der Waals surface area (Å²) in [5.74, 6) is 0.160. The summed E-state index contributed by atoms with van der Waals surface area (Å²) in [6, 6.07) is 2.94. The largest absolute Gasteiger partial charge is 0.369 e. The zero-order chi connectivity index (χ0) is 15.4. The van der Waals surface area contributed by atoms with E-state index in [0.717, 1.165) is 6.54 Å². The van der Waals surface area contributed by atoms with Crippen LogP contribution in [-0.2, 0) is 0 Å². The van der Waals surface area contributed by atoms with Gasteiger partial charge < -0.3 is 10.6 Å². The lowest BCUT2D eigenvalue weighted by Crippen LogP contribution is -2.15. The summed E-state index contributed by atoms with van der Waals surface area (Å²) in [7, 11) is 0. The van der Waals surface area contributed by atoms with Gasteiger partial charge in [-0.2, -0.15) is 0 Å². The summed E-state index contributed by atoms with van der Waals surface area (Å²) in [6.45, 7) is 2.66. The molecule has 0 spiro atoms. The molecule has 1 heterocycles. The summed E-state index contributed by atoms with van der Waals surface area (Å²) in [5.41, 5.74) is 0.521. The van der Waals surface area contributed by atoms with Crippen LogP contribution in [-0.4, -0.2) is 22.4 Å². The third-order valence-electron chi connectivity index (χ3n) is 2.50. The highest BCUT2D eigenvalue weighted by molar-refractivity contribution is 6.44. The molecule has 1 aromatic heterocycles. The van der Waals surface area contributed by atoms with Crippen molar-refractivity contribution in [2.24, 2.45) is 0 Å². The van der Waals surface area contributed by atoms with Gasteiger partial charge in [0.25, 0.3) is 5.91 Å². The maximum absolute atomic E-state index is 12.1. The van der Waals surface area contributed by atoms with Gasteiger partial charge >= 0.3 is 0 Å². The molecule has 110 valence electrons. The molecule has 0 aliphatic rings. The molecule has 0 aliphatic heterocycles. The summed E-state index contributed by atoms with van der Waals surface area (Å²) in [5, 5.41) is 6.49. The molecule has 0 aliphatic carbocycles. The van der Waals surface area contributed by atoms with E-state index in [4.69, 9.17) is 34.8 Å². The van der Waals surface area contributed by atoms with Gasteiger partial charge in [-0.1, -0.05) is 34.8 Å². The third-order valence-corrected chi connectivity index (χ3v) is 3.54. The minimum atomic E-state index is -0.439. The van der Waals surface area contributed by atoms with Gasteiger partial charge in [-0.3, -0.25) is 4.79 Å². The van der Waals surface area contributed by atoms with Crippen molar-refractivity contribution in [3.05, 3.63) is 45.3 Å². The van der Waals surface area contributed by atoms with Crippen LogP contribution in [0.5, 0.6) is 0 Å². The standard InChI is InChI=1S/C13H11Cl3N4O/c1-2-17-12-6-18-11(5-19-12)13(21)20-10-4-8(15)7(14)3-9(10)16/h3-6H,2H2,1H3,(H,17,19)(H,20,21). The first-order chi connectivity index (χ1) is 10.0. The predicted molar refractivity (Wildman–Crippen MR) is 85.6 cm³/mol. The third kappa shape index (κ3) is 3.97. The van der Waals surface area contributed by atoms with E-state index >= 15 is 0 Å². The molecule has 1 aromatic carbocycles. The Kier molecular flexibility index (Phi) is 5.22. The van der Waals surface area contributed by atoms with Crippen molar-refractivity contribution in [3.63, 3.8) is 0 Å². The van der Waals surface area contributed by atoms with Crippen LogP contribution in [0, 0.1) is 0 Å². The van der Waals surface area contributed by atoms with Crippen molar-refractivity contribution in [1.29, 1.82) is 0 Å². The molecule has 0 saturated carbocycles. The second-order valence-corrected chi connectivity index (χ2v) is 5.24. The Morgan fingerprint density at radius 1 is 1.10 bits per heavy atom. The van der Waals surface area contributed by atoms with Crippen LogP contribution < -0.4 is 10.6 Å². The number of nitrogens with one attached hydrogen (secondary N) is 2. The molecule has 0 saturated heterocycles. The number of amides is 1. The van der Waals surface area contributed by atoms with Gasteiger partial charge in [-0.05, 0) is 19.1 Å². The first-order valence-corrected chi connectivity index (χ1v) is 7.16. The average Bonchev–Trinajstić information content (AvgIpc) is 2.46. The molecular weight excluding hydrogens is 335 g/mol.